The minimum absolute atomic E-state index is 0.194. The van der Waals surface area contributed by atoms with Gasteiger partial charge in [0.25, 0.3) is 0 Å². The zero-order valence-corrected chi connectivity index (χ0v) is 15.3. The van der Waals surface area contributed by atoms with Crippen molar-refractivity contribution in [1.82, 2.24) is 4.72 Å². The smallest absolute Gasteiger partial charge is 0.310 e. The summed E-state index contributed by atoms with van der Waals surface area (Å²) in [5.41, 5.74) is 0.985. The van der Waals surface area contributed by atoms with Crippen molar-refractivity contribution in [1.29, 1.82) is 0 Å². The first-order valence-corrected chi connectivity index (χ1v) is 9.64. The van der Waals surface area contributed by atoms with Gasteiger partial charge in [-0.1, -0.05) is 47.2 Å². The molecule has 0 aromatic heterocycles. The van der Waals surface area contributed by atoms with E-state index in [4.69, 9.17) is 4.74 Å². The van der Waals surface area contributed by atoms with E-state index in [-0.39, 0.29) is 11.5 Å². The maximum Gasteiger partial charge on any atom is 0.310 e. The van der Waals surface area contributed by atoms with Crippen LogP contribution in [0.1, 0.15) is 19.4 Å². The first kappa shape index (κ1) is 18.4. The second kappa shape index (κ2) is 8.09. The zero-order valence-electron chi connectivity index (χ0n) is 12.3. The van der Waals surface area contributed by atoms with Crippen molar-refractivity contribution in [2.75, 3.05) is 11.0 Å². The lowest BCUT2D eigenvalue weighted by molar-refractivity contribution is -0.147. The minimum atomic E-state index is -3.64. The summed E-state index contributed by atoms with van der Waals surface area (Å²) in [4.78, 5) is 11.9. The Morgan fingerprint density at radius 2 is 1.90 bits per heavy atom. The fourth-order valence-corrected chi connectivity index (χ4v) is 4.29. The number of benzene rings is 1. The van der Waals surface area contributed by atoms with E-state index in [0.29, 0.717) is 4.43 Å². The monoisotopic (exact) mass is 425 g/mol. The number of carbonyl (C=O) groups excluding carboxylic acids is 1. The Labute approximate surface area is 139 Å². The average Bonchev–Trinajstić information content (AvgIpc) is 2.44. The molecule has 2 atom stereocenters. The molecule has 0 saturated carbocycles. The van der Waals surface area contributed by atoms with Crippen LogP contribution in [-0.2, 0) is 19.6 Å². The summed E-state index contributed by atoms with van der Waals surface area (Å²) >= 11 is 2.06. The number of carbonyl (C=O) groups is 1. The second-order valence-corrected chi connectivity index (χ2v) is 7.33. The van der Waals surface area contributed by atoms with E-state index in [0.717, 1.165) is 5.56 Å². The van der Waals surface area contributed by atoms with Crippen LogP contribution in [0.25, 0.3) is 0 Å². The minimum Gasteiger partial charge on any atom is -0.466 e. The van der Waals surface area contributed by atoms with Gasteiger partial charge in [0.2, 0.25) is 10.0 Å². The number of sulfonamides is 1. The lowest BCUT2D eigenvalue weighted by atomic mass is 10.1. The highest BCUT2D eigenvalue weighted by Crippen LogP contribution is 2.15. The lowest BCUT2D eigenvalue weighted by Crippen LogP contribution is -2.43. The Morgan fingerprint density at radius 1 is 1.33 bits per heavy atom. The molecule has 5 nitrogen and oxygen atoms in total. The molecule has 0 aliphatic carbocycles. The largest absolute Gasteiger partial charge is 0.466 e. The van der Waals surface area contributed by atoms with Gasteiger partial charge in [-0.2, -0.15) is 0 Å². The van der Waals surface area contributed by atoms with Gasteiger partial charge in [-0.3, -0.25) is 4.79 Å². The molecule has 21 heavy (non-hydrogen) atoms. The Kier molecular flexibility index (Phi) is 7.08. The van der Waals surface area contributed by atoms with Crippen LogP contribution in [0.3, 0.4) is 0 Å². The van der Waals surface area contributed by atoms with Gasteiger partial charge in [0.05, 0.1) is 17.4 Å². The fourth-order valence-electron chi connectivity index (χ4n) is 1.69. The quantitative estimate of drug-likeness (QED) is 0.414. The van der Waals surface area contributed by atoms with Crippen molar-refractivity contribution in [3.63, 3.8) is 0 Å². The number of nitrogens with one attached hydrogen (secondary N) is 1. The number of hydrogen-bond donors (Lipinski definition) is 1. The Hall–Kier alpha value is -0.670. The van der Waals surface area contributed by atoms with Gasteiger partial charge in [-0.15, -0.1) is 0 Å². The molecule has 0 spiro atoms. The van der Waals surface area contributed by atoms with Gasteiger partial charge in [0.15, 0.2) is 0 Å². The molecule has 1 rings (SSSR count). The number of rotatable bonds is 7. The van der Waals surface area contributed by atoms with Crippen LogP contribution in [-0.4, -0.2) is 31.5 Å². The summed E-state index contributed by atoms with van der Waals surface area (Å²) in [6.45, 7) is 5.56. The zero-order chi connectivity index (χ0) is 16.0. The summed E-state index contributed by atoms with van der Waals surface area (Å²) < 4.78 is 32.7. The molecule has 0 radical (unpaired) electrons. The number of aryl methyl sites for hydroxylation is 1. The lowest BCUT2D eigenvalue weighted by Gasteiger charge is -2.21. The number of alkyl halides is 1. The van der Waals surface area contributed by atoms with E-state index < -0.39 is 28.0 Å². The van der Waals surface area contributed by atoms with Crippen LogP contribution in [0.4, 0.5) is 0 Å². The molecule has 0 saturated heterocycles. The molecule has 0 aliphatic heterocycles. The SMILES string of the molecule is CCOC(=O)[C@@H](C)[C@@H](CI)NS(=O)(=O)c1ccc(C)cc1. The highest BCUT2D eigenvalue weighted by atomic mass is 127. The first-order chi connectivity index (χ1) is 9.81. The molecule has 0 aliphatic rings. The van der Waals surface area contributed by atoms with E-state index in [1.807, 2.05) is 6.92 Å². The molecular formula is C14H20INO4S. The third-order valence-corrected chi connectivity index (χ3v) is 5.52. The van der Waals surface area contributed by atoms with Crippen molar-refractivity contribution < 1.29 is 17.9 Å². The molecule has 118 valence electrons. The van der Waals surface area contributed by atoms with Crippen LogP contribution >= 0.6 is 22.6 Å². The Balaban J connectivity index is 2.89. The summed E-state index contributed by atoms with van der Waals surface area (Å²) in [7, 11) is -3.64. The van der Waals surface area contributed by atoms with Crippen LogP contribution in [0.5, 0.6) is 0 Å². The number of halogens is 1. The van der Waals surface area contributed by atoms with E-state index >= 15 is 0 Å². The standard InChI is InChI=1S/C14H20INO4S/c1-4-20-14(17)11(3)13(9-15)16-21(18,19)12-7-5-10(2)6-8-12/h5-8,11,13,16H,4,9H2,1-3H3/t11-,13+/m0/s1. The van der Waals surface area contributed by atoms with Crippen LogP contribution in [0, 0.1) is 12.8 Å². The second-order valence-electron chi connectivity index (χ2n) is 4.74. The summed E-state index contributed by atoms with van der Waals surface area (Å²) in [5.74, 6) is -0.937. The maximum atomic E-state index is 12.3. The van der Waals surface area contributed by atoms with E-state index in [2.05, 4.69) is 27.3 Å². The van der Waals surface area contributed by atoms with Crippen LogP contribution in [0.15, 0.2) is 29.2 Å². The molecule has 0 fully saturated rings. The van der Waals surface area contributed by atoms with Crippen molar-refractivity contribution in [3.05, 3.63) is 29.8 Å². The number of ether oxygens (including phenoxy) is 1. The topological polar surface area (TPSA) is 72.5 Å². The predicted molar refractivity (Wildman–Crippen MR) is 90.0 cm³/mol. The highest BCUT2D eigenvalue weighted by molar-refractivity contribution is 14.1. The van der Waals surface area contributed by atoms with Gasteiger partial charge in [0.1, 0.15) is 0 Å². The van der Waals surface area contributed by atoms with Crippen LogP contribution < -0.4 is 4.72 Å². The van der Waals surface area contributed by atoms with Gasteiger partial charge < -0.3 is 4.74 Å². The molecule has 1 aromatic rings. The summed E-state index contributed by atoms with van der Waals surface area (Å²) in [6.07, 6.45) is 0. The average molecular weight is 425 g/mol. The number of esters is 1. The first-order valence-electron chi connectivity index (χ1n) is 6.63. The van der Waals surface area contributed by atoms with E-state index in [9.17, 15) is 13.2 Å². The summed E-state index contributed by atoms with van der Waals surface area (Å²) in [6, 6.07) is 6.08. The molecular weight excluding hydrogens is 405 g/mol. The highest BCUT2D eigenvalue weighted by Gasteiger charge is 2.28. The third kappa shape index (κ3) is 5.23. The normalized spacial score (nSPS) is 14.5. The van der Waals surface area contributed by atoms with Crippen molar-refractivity contribution in [2.24, 2.45) is 5.92 Å². The molecule has 0 unspecified atom stereocenters. The maximum absolute atomic E-state index is 12.3. The molecule has 0 bridgehead atoms. The van der Waals surface area contributed by atoms with Gasteiger partial charge in [-0.25, -0.2) is 13.1 Å². The van der Waals surface area contributed by atoms with E-state index in [1.54, 1.807) is 38.1 Å². The van der Waals surface area contributed by atoms with E-state index in [1.165, 1.54) is 0 Å². The molecule has 1 N–H and O–H groups in total. The fraction of sp³-hybridized carbons (Fsp3) is 0.500. The molecule has 7 heteroatoms. The third-order valence-electron chi connectivity index (χ3n) is 3.07. The summed E-state index contributed by atoms with van der Waals surface area (Å²) in [5, 5.41) is 0. The van der Waals surface area contributed by atoms with Crippen LogP contribution in [0.2, 0.25) is 0 Å². The Morgan fingerprint density at radius 3 is 2.38 bits per heavy atom. The molecule has 0 heterocycles. The van der Waals surface area contributed by atoms with Gasteiger partial charge >= 0.3 is 5.97 Å². The number of hydrogen-bond acceptors (Lipinski definition) is 4. The van der Waals surface area contributed by atoms with Gasteiger partial charge in [0, 0.05) is 10.5 Å². The molecule has 1 aromatic carbocycles. The predicted octanol–water partition coefficient (Wildman–Crippen LogP) is 2.28. The molecule has 0 amide bonds. The van der Waals surface area contributed by atoms with Gasteiger partial charge in [-0.05, 0) is 26.0 Å². The van der Waals surface area contributed by atoms with Crippen molar-refractivity contribution in [2.45, 2.75) is 31.7 Å². The van der Waals surface area contributed by atoms with Crippen molar-refractivity contribution >= 4 is 38.6 Å². The van der Waals surface area contributed by atoms with Crippen molar-refractivity contribution in [3.8, 4) is 0 Å². The Bertz CT molecular complexity index is 571.